The summed E-state index contributed by atoms with van der Waals surface area (Å²) in [5.74, 6) is 2.92. The summed E-state index contributed by atoms with van der Waals surface area (Å²) in [5.41, 5.74) is 5.54. The molecule has 2 N–H and O–H groups in total. The van der Waals surface area contributed by atoms with Crippen molar-refractivity contribution < 1.29 is 0 Å². The van der Waals surface area contributed by atoms with Gasteiger partial charge in [-0.15, -0.1) is 0 Å². The summed E-state index contributed by atoms with van der Waals surface area (Å²) in [6.45, 7) is 4.28. The predicted molar refractivity (Wildman–Crippen MR) is 128 cm³/mol. The topological polar surface area (TPSA) is 62.2 Å². The largest absolute Gasteiger partial charge is 0.325 e. The molecule has 5 heteroatoms. The first-order valence-corrected chi connectivity index (χ1v) is 11.0. The molecular weight excluding hydrogens is 382 g/mol. The molecule has 5 nitrogen and oxygen atoms in total. The van der Waals surface area contributed by atoms with Crippen LogP contribution in [0.2, 0.25) is 0 Å². The number of aromatic nitrogens is 2. The Kier molecular flexibility index (Phi) is 5.24. The number of nitrogens with one attached hydrogen (secondary N) is 2. The molecule has 1 aliphatic heterocycles. The van der Waals surface area contributed by atoms with E-state index in [1.54, 1.807) is 0 Å². The van der Waals surface area contributed by atoms with Crippen LogP contribution in [0.5, 0.6) is 0 Å². The molecule has 2 aromatic carbocycles. The van der Waals surface area contributed by atoms with E-state index in [0.717, 1.165) is 40.9 Å². The van der Waals surface area contributed by atoms with Gasteiger partial charge in [-0.25, -0.2) is 4.98 Å². The smallest absolute Gasteiger partial charge is 0.229 e. The average Bonchev–Trinajstić information content (AvgIpc) is 3.54. The number of benzene rings is 2. The number of hydrogen-bond acceptors (Lipinski definition) is 5. The van der Waals surface area contributed by atoms with Crippen LogP contribution in [0.15, 0.2) is 77.3 Å². The molecule has 1 atom stereocenters. The standard InChI is InChI=1S/C26H27N5/c1-3-22-21(18-12-13-18)15-24(28-22)30-25-16-23(19-9-5-4-6-10-19)29-26(31-25)27-20-11-7-8-17(2)14-20/h4-11,14-16,18,22H,3,12-13H2,1-2H3,(H2,27,28,29,30,31). The lowest BCUT2D eigenvalue weighted by Crippen LogP contribution is -2.11. The van der Waals surface area contributed by atoms with Crippen LogP contribution in [0.25, 0.3) is 11.3 Å². The number of aryl methyl sites for hydroxylation is 1. The van der Waals surface area contributed by atoms with Crippen molar-refractivity contribution in [3.8, 4) is 11.3 Å². The highest BCUT2D eigenvalue weighted by atomic mass is 15.2. The first kappa shape index (κ1) is 19.5. The molecule has 1 saturated carbocycles. The van der Waals surface area contributed by atoms with E-state index < -0.39 is 0 Å². The van der Waals surface area contributed by atoms with E-state index in [4.69, 9.17) is 15.0 Å². The van der Waals surface area contributed by atoms with Crippen LogP contribution in [-0.2, 0) is 0 Å². The fraction of sp³-hybridized carbons (Fsp3) is 0.269. The monoisotopic (exact) mass is 409 g/mol. The Morgan fingerprint density at radius 1 is 0.935 bits per heavy atom. The third-order valence-electron chi connectivity index (χ3n) is 5.74. The van der Waals surface area contributed by atoms with Crippen LogP contribution >= 0.6 is 0 Å². The zero-order valence-corrected chi connectivity index (χ0v) is 18.0. The fourth-order valence-corrected chi connectivity index (χ4v) is 4.04. The number of hydrogen-bond donors (Lipinski definition) is 2. The summed E-state index contributed by atoms with van der Waals surface area (Å²) in [7, 11) is 0. The Morgan fingerprint density at radius 3 is 2.52 bits per heavy atom. The summed E-state index contributed by atoms with van der Waals surface area (Å²) < 4.78 is 0. The minimum atomic E-state index is 0.301. The summed E-state index contributed by atoms with van der Waals surface area (Å²) >= 11 is 0. The van der Waals surface area contributed by atoms with Crippen molar-refractivity contribution in [3.63, 3.8) is 0 Å². The Labute approximate surface area is 183 Å². The summed E-state index contributed by atoms with van der Waals surface area (Å²) in [6.07, 6.45) is 5.85. The highest BCUT2D eigenvalue weighted by molar-refractivity contribution is 6.06. The van der Waals surface area contributed by atoms with Crippen LogP contribution in [0.3, 0.4) is 0 Å². The van der Waals surface area contributed by atoms with E-state index in [1.807, 2.05) is 36.4 Å². The number of nitrogens with zero attached hydrogens (tertiary/aromatic N) is 3. The van der Waals surface area contributed by atoms with Crippen molar-refractivity contribution in [2.75, 3.05) is 10.6 Å². The molecule has 3 aromatic rings. The minimum absolute atomic E-state index is 0.301. The second-order valence-electron chi connectivity index (χ2n) is 8.30. The Bertz CT molecular complexity index is 1150. The van der Waals surface area contributed by atoms with Crippen molar-refractivity contribution >= 4 is 23.3 Å². The van der Waals surface area contributed by atoms with Crippen molar-refractivity contribution in [2.45, 2.75) is 39.2 Å². The molecule has 1 unspecified atom stereocenters. The van der Waals surface area contributed by atoms with E-state index >= 15 is 0 Å². The van der Waals surface area contributed by atoms with Crippen LogP contribution < -0.4 is 10.6 Å². The predicted octanol–water partition coefficient (Wildman–Crippen LogP) is 6.13. The Morgan fingerprint density at radius 2 is 1.77 bits per heavy atom. The quantitative estimate of drug-likeness (QED) is 0.514. The SMILES string of the molecule is CCC1N=C(Nc2cc(-c3ccccc3)nc(Nc3cccc(C)c3)n2)C=C1C1CC1. The first-order valence-electron chi connectivity index (χ1n) is 11.0. The van der Waals surface area contributed by atoms with Gasteiger partial charge in [0, 0.05) is 17.3 Å². The second kappa shape index (κ2) is 8.34. The van der Waals surface area contributed by atoms with Crippen LogP contribution in [0.4, 0.5) is 17.5 Å². The van der Waals surface area contributed by atoms with Crippen molar-refractivity contribution in [3.05, 3.63) is 77.9 Å². The molecule has 5 rings (SSSR count). The molecule has 1 aliphatic carbocycles. The highest BCUT2D eigenvalue weighted by Crippen LogP contribution is 2.41. The van der Waals surface area contributed by atoms with Crippen LogP contribution in [-0.4, -0.2) is 21.8 Å². The summed E-state index contributed by atoms with van der Waals surface area (Å²) in [5, 5.41) is 6.81. The molecule has 2 aliphatic rings. The van der Waals surface area contributed by atoms with Gasteiger partial charge in [-0.3, -0.25) is 4.99 Å². The molecular formula is C26H27N5. The summed E-state index contributed by atoms with van der Waals surface area (Å²) in [6, 6.07) is 20.7. The zero-order valence-electron chi connectivity index (χ0n) is 18.0. The van der Waals surface area contributed by atoms with Gasteiger partial charge >= 0.3 is 0 Å². The van der Waals surface area contributed by atoms with Gasteiger partial charge in [0.25, 0.3) is 0 Å². The number of rotatable bonds is 6. The lowest BCUT2D eigenvalue weighted by molar-refractivity contribution is 0.709. The van der Waals surface area contributed by atoms with Gasteiger partial charge in [0.2, 0.25) is 5.95 Å². The third-order valence-corrected chi connectivity index (χ3v) is 5.74. The second-order valence-corrected chi connectivity index (χ2v) is 8.30. The van der Waals surface area contributed by atoms with E-state index in [-0.39, 0.29) is 0 Å². The van der Waals surface area contributed by atoms with Gasteiger partial charge < -0.3 is 10.6 Å². The Hall–Kier alpha value is -3.47. The van der Waals surface area contributed by atoms with Gasteiger partial charge in [0.15, 0.2) is 0 Å². The average molecular weight is 410 g/mol. The molecule has 1 aromatic heterocycles. The molecule has 0 saturated heterocycles. The fourth-order valence-electron chi connectivity index (χ4n) is 4.04. The normalized spacial score (nSPS) is 17.8. The molecule has 0 bridgehead atoms. The number of aliphatic imine (C=N–C) groups is 1. The van der Waals surface area contributed by atoms with Crippen molar-refractivity contribution in [1.82, 2.24) is 9.97 Å². The number of amidine groups is 1. The molecule has 0 radical (unpaired) electrons. The van der Waals surface area contributed by atoms with E-state index in [9.17, 15) is 0 Å². The van der Waals surface area contributed by atoms with E-state index in [0.29, 0.717) is 12.0 Å². The van der Waals surface area contributed by atoms with E-state index in [1.165, 1.54) is 24.0 Å². The van der Waals surface area contributed by atoms with Crippen molar-refractivity contribution in [2.24, 2.45) is 10.9 Å². The summed E-state index contributed by atoms with van der Waals surface area (Å²) in [4.78, 5) is 14.4. The van der Waals surface area contributed by atoms with Crippen LogP contribution in [0.1, 0.15) is 31.7 Å². The van der Waals surface area contributed by atoms with Gasteiger partial charge in [-0.05, 0) is 61.4 Å². The highest BCUT2D eigenvalue weighted by Gasteiger charge is 2.33. The van der Waals surface area contributed by atoms with Crippen molar-refractivity contribution in [1.29, 1.82) is 0 Å². The van der Waals surface area contributed by atoms with Gasteiger partial charge in [-0.2, -0.15) is 4.98 Å². The maximum atomic E-state index is 4.90. The molecule has 1 fully saturated rings. The third kappa shape index (κ3) is 4.50. The lowest BCUT2D eigenvalue weighted by atomic mass is 10.0. The van der Waals surface area contributed by atoms with E-state index in [2.05, 4.69) is 54.8 Å². The zero-order chi connectivity index (χ0) is 21.2. The van der Waals surface area contributed by atoms with Gasteiger partial charge in [0.1, 0.15) is 11.7 Å². The molecule has 31 heavy (non-hydrogen) atoms. The molecule has 0 spiro atoms. The Balaban J connectivity index is 1.47. The first-order chi connectivity index (χ1) is 15.2. The lowest BCUT2D eigenvalue weighted by Gasteiger charge is -2.11. The maximum Gasteiger partial charge on any atom is 0.229 e. The van der Waals surface area contributed by atoms with Crippen LogP contribution in [0, 0.1) is 12.8 Å². The molecule has 156 valence electrons. The number of anilines is 3. The van der Waals surface area contributed by atoms with Gasteiger partial charge in [0.05, 0.1) is 11.7 Å². The van der Waals surface area contributed by atoms with Gasteiger partial charge in [-0.1, -0.05) is 49.4 Å². The maximum absolute atomic E-state index is 4.90. The minimum Gasteiger partial charge on any atom is -0.325 e. The molecule has 0 amide bonds. The molecule has 2 heterocycles.